The first-order valence-electron chi connectivity index (χ1n) is 7.09. The molecule has 1 atom stereocenters. The van der Waals surface area contributed by atoms with Gasteiger partial charge in [-0.05, 0) is 37.1 Å². The highest BCUT2D eigenvalue weighted by molar-refractivity contribution is 5.94. The molecule has 1 fully saturated rings. The average Bonchev–Trinajstić information content (AvgIpc) is 2.91. The molecule has 1 aromatic rings. The molecule has 1 aliphatic rings. The Labute approximate surface area is 124 Å². The molecule has 0 bridgehead atoms. The van der Waals surface area contributed by atoms with Crippen LogP contribution in [0.1, 0.15) is 36.2 Å². The van der Waals surface area contributed by atoms with E-state index < -0.39 is 5.79 Å². The highest BCUT2D eigenvalue weighted by Gasteiger charge is 2.32. The predicted molar refractivity (Wildman–Crippen MR) is 77.6 cm³/mol. The Morgan fingerprint density at radius 2 is 2.00 bits per heavy atom. The summed E-state index contributed by atoms with van der Waals surface area (Å²) in [6, 6.07) is 8.62. The van der Waals surface area contributed by atoms with Crippen molar-refractivity contribution in [2.24, 2.45) is 5.92 Å². The van der Waals surface area contributed by atoms with Crippen LogP contribution in [-0.4, -0.2) is 31.5 Å². The first-order chi connectivity index (χ1) is 10.0. The first kappa shape index (κ1) is 15.5. The molecule has 0 aromatic heterocycles. The monoisotopic (exact) mass is 288 g/mol. The molecule has 0 radical (unpaired) electrons. The minimum Gasteiger partial charge on any atom is -0.352 e. The third-order valence-electron chi connectivity index (χ3n) is 3.50. The average molecular weight is 288 g/mol. The molecule has 21 heavy (non-hydrogen) atoms. The van der Waals surface area contributed by atoms with Gasteiger partial charge in [-0.2, -0.15) is 5.26 Å². The Bertz CT molecular complexity index is 527. The van der Waals surface area contributed by atoms with Crippen LogP contribution < -0.4 is 5.32 Å². The fourth-order valence-corrected chi connectivity index (χ4v) is 2.44. The molecular weight excluding hydrogens is 268 g/mol. The zero-order chi connectivity index (χ0) is 15.3. The van der Waals surface area contributed by atoms with Crippen molar-refractivity contribution in [3.63, 3.8) is 0 Å². The number of hydrogen-bond donors (Lipinski definition) is 1. The van der Waals surface area contributed by atoms with Crippen LogP contribution in [0.25, 0.3) is 0 Å². The first-order valence-corrected chi connectivity index (χ1v) is 7.09. The minimum atomic E-state index is -0.529. The van der Waals surface area contributed by atoms with Gasteiger partial charge in [0, 0.05) is 18.5 Å². The maximum atomic E-state index is 12.0. The van der Waals surface area contributed by atoms with Crippen molar-refractivity contribution in [2.75, 3.05) is 19.8 Å². The van der Waals surface area contributed by atoms with E-state index in [0.29, 0.717) is 30.9 Å². The van der Waals surface area contributed by atoms with Crippen molar-refractivity contribution in [1.29, 1.82) is 5.26 Å². The van der Waals surface area contributed by atoms with E-state index in [1.165, 1.54) is 0 Å². The number of rotatable bonds is 5. The van der Waals surface area contributed by atoms with Crippen molar-refractivity contribution in [3.05, 3.63) is 35.4 Å². The number of carbonyl (C=O) groups excluding carboxylic acids is 1. The van der Waals surface area contributed by atoms with E-state index in [2.05, 4.69) is 12.2 Å². The molecule has 0 saturated carbocycles. The molecule has 1 saturated heterocycles. The Morgan fingerprint density at radius 3 is 2.57 bits per heavy atom. The quantitative estimate of drug-likeness (QED) is 0.900. The zero-order valence-corrected chi connectivity index (χ0v) is 12.4. The van der Waals surface area contributed by atoms with Gasteiger partial charge in [0.2, 0.25) is 0 Å². The van der Waals surface area contributed by atoms with E-state index in [9.17, 15) is 4.79 Å². The maximum Gasteiger partial charge on any atom is 0.251 e. The fourth-order valence-electron chi connectivity index (χ4n) is 2.44. The van der Waals surface area contributed by atoms with Crippen molar-refractivity contribution < 1.29 is 14.3 Å². The van der Waals surface area contributed by atoms with Gasteiger partial charge in [-0.1, -0.05) is 6.92 Å². The van der Waals surface area contributed by atoms with Crippen LogP contribution in [0.4, 0.5) is 0 Å². The second-order valence-electron chi connectivity index (χ2n) is 5.54. The summed E-state index contributed by atoms with van der Waals surface area (Å²) in [5.74, 6) is -0.418. The lowest BCUT2D eigenvalue weighted by Gasteiger charge is -2.26. The van der Waals surface area contributed by atoms with Crippen LogP contribution in [0.15, 0.2) is 24.3 Å². The van der Waals surface area contributed by atoms with Gasteiger partial charge in [0.1, 0.15) is 0 Å². The summed E-state index contributed by atoms with van der Waals surface area (Å²) in [5.41, 5.74) is 1.10. The van der Waals surface area contributed by atoms with Gasteiger partial charge < -0.3 is 14.8 Å². The molecule has 0 spiro atoms. The van der Waals surface area contributed by atoms with Crippen molar-refractivity contribution >= 4 is 5.91 Å². The highest BCUT2D eigenvalue weighted by atomic mass is 16.7. The van der Waals surface area contributed by atoms with Crippen LogP contribution in [0, 0.1) is 17.2 Å². The van der Waals surface area contributed by atoms with Gasteiger partial charge >= 0.3 is 0 Å². The summed E-state index contributed by atoms with van der Waals surface area (Å²) in [4.78, 5) is 12.0. The standard InChI is InChI=1S/C16H20N2O3/c1-12(9-16(2)20-7-8-21-16)11-18-15(19)14-5-3-13(10-17)4-6-14/h3-6,12H,7-9,11H2,1-2H3,(H,18,19). The summed E-state index contributed by atoms with van der Waals surface area (Å²) < 4.78 is 11.1. The molecule has 1 unspecified atom stereocenters. The number of ether oxygens (including phenoxy) is 2. The van der Waals surface area contributed by atoms with Crippen molar-refractivity contribution in [1.82, 2.24) is 5.32 Å². The van der Waals surface area contributed by atoms with E-state index in [1.54, 1.807) is 24.3 Å². The Hall–Kier alpha value is -1.90. The predicted octanol–water partition coefficient (Wildman–Crippen LogP) is 2.08. The van der Waals surface area contributed by atoms with Gasteiger partial charge in [0.05, 0.1) is 24.8 Å². The lowest BCUT2D eigenvalue weighted by atomic mass is 10.0. The van der Waals surface area contributed by atoms with E-state index >= 15 is 0 Å². The lowest BCUT2D eigenvalue weighted by molar-refractivity contribution is -0.153. The Balaban J connectivity index is 1.81. The van der Waals surface area contributed by atoms with Gasteiger partial charge in [0.25, 0.3) is 5.91 Å². The second-order valence-corrected chi connectivity index (χ2v) is 5.54. The van der Waals surface area contributed by atoms with Crippen LogP contribution in [0.2, 0.25) is 0 Å². The smallest absolute Gasteiger partial charge is 0.251 e. The topological polar surface area (TPSA) is 71.4 Å². The SMILES string of the molecule is CC(CNC(=O)c1ccc(C#N)cc1)CC1(C)OCCO1. The number of amides is 1. The van der Waals surface area contributed by atoms with E-state index in [0.717, 1.165) is 6.42 Å². The molecule has 5 nitrogen and oxygen atoms in total. The maximum absolute atomic E-state index is 12.0. The normalized spacial score (nSPS) is 18.0. The van der Waals surface area contributed by atoms with E-state index in [1.807, 2.05) is 13.0 Å². The molecule has 1 amide bonds. The molecule has 1 N–H and O–H groups in total. The summed E-state index contributed by atoms with van der Waals surface area (Å²) in [5, 5.41) is 11.6. The Morgan fingerprint density at radius 1 is 1.38 bits per heavy atom. The lowest BCUT2D eigenvalue weighted by Crippen LogP contribution is -2.34. The van der Waals surface area contributed by atoms with E-state index in [4.69, 9.17) is 14.7 Å². The summed E-state index contributed by atoms with van der Waals surface area (Å²) >= 11 is 0. The summed E-state index contributed by atoms with van der Waals surface area (Å²) in [6.45, 7) is 5.79. The highest BCUT2D eigenvalue weighted by Crippen LogP contribution is 2.26. The zero-order valence-electron chi connectivity index (χ0n) is 12.4. The van der Waals surface area contributed by atoms with Gasteiger partial charge in [-0.25, -0.2) is 0 Å². The molecule has 0 aliphatic carbocycles. The molecule has 1 aliphatic heterocycles. The molecular formula is C16H20N2O3. The number of nitrogens with zero attached hydrogens (tertiary/aromatic N) is 1. The van der Waals surface area contributed by atoms with Gasteiger partial charge in [-0.3, -0.25) is 4.79 Å². The van der Waals surface area contributed by atoms with Crippen LogP contribution in [0.5, 0.6) is 0 Å². The van der Waals surface area contributed by atoms with Gasteiger partial charge in [0.15, 0.2) is 5.79 Å². The fraction of sp³-hybridized carbons (Fsp3) is 0.500. The van der Waals surface area contributed by atoms with Gasteiger partial charge in [-0.15, -0.1) is 0 Å². The third kappa shape index (κ3) is 4.28. The number of nitriles is 1. The van der Waals surface area contributed by atoms with E-state index in [-0.39, 0.29) is 11.8 Å². The molecule has 2 rings (SSSR count). The molecule has 1 aromatic carbocycles. The number of nitrogens with one attached hydrogen (secondary N) is 1. The molecule has 5 heteroatoms. The number of benzene rings is 1. The summed E-state index contributed by atoms with van der Waals surface area (Å²) in [7, 11) is 0. The number of carbonyl (C=O) groups is 1. The number of hydrogen-bond acceptors (Lipinski definition) is 4. The van der Waals surface area contributed by atoms with Crippen LogP contribution in [-0.2, 0) is 9.47 Å². The van der Waals surface area contributed by atoms with Crippen molar-refractivity contribution in [2.45, 2.75) is 26.1 Å². The third-order valence-corrected chi connectivity index (χ3v) is 3.50. The molecule has 112 valence electrons. The molecule has 1 heterocycles. The second kappa shape index (κ2) is 6.70. The van der Waals surface area contributed by atoms with Crippen molar-refractivity contribution in [3.8, 4) is 6.07 Å². The minimum absolute atomic E-state index is 0.134. The Kier molecular flexibility index (Phi) is 4.94. The largest absolute Gasteiger partial charge is 0.352 e. The summed E-state index contributed by atoms with van der Waals surface area (Å²) in [6.07, 6.45) is 0.737. The van der Waals surface area contributed by atoms with Crippen LogP contribution in [0.3, 0.4) is 0 Å². The van der Waals surface area contributed by atoms with Crippen LogP contribution >= 0.6 is 0 Å².